The van der Waals surface area contributed by atoms with E-state index in [9.17, 15) is 4.79 Å². The molecule has 2 N–H and O–H groups in total. The number of rotatable bonds is 4. The van der Waals surface area contributed by atoms with Crippen LogP contribution in [0.25, 0.3) is 0 Å². The van der Waals surface area contributed by atoms with E-state index in [0.717, 1.165) is 4.34 Å². The molecule has 0 aromatic carbocycles. The number of carbonyl (C=O) groups excluding carboxylic acids is 1. The second kappa shape index (κ2) is 5.97. The molecule has 4 nitrogen and oxygen atoms in total. The fourth-order valence-corrected chi connectivity index (χ4v) is 2.80. The molecule has 1 aromatic rings. The van der Waals surface area contributed by atoms with Gasteiger partial charge in [-0.2, -0.15) is 5.10 Å². The minimum atomic E-state index is 0.0264. The van der Waals surface area contributed by atoms with Crippen LogP contribution in [0, 0.1) is 9.37 Å². The van der Waals surface area contributed by atoms with Crippen LogP contribution in [0.15, 0.2) is 4.34 Å². The Morgan fingerprint density at radius 1 is 1.65 bits per heavy atom. The summed E-state index contributed by atoms with van der Waals surface area (Å²) in [4.78, 5) is 11.7. The van der Waals surface area contributed by atoms with Crippen LogP contribution in [0.5, 0.6) is 0 Å². The Morgan fingerprint density at radius 3 is 2.76 bits per heavy atom. The maximum absolute atomic E-state index is 11.7. The van der Waals surface area contributed by atoms with Gasteiger partial charge in [0.2, 0.25) is 5.91 Å². The molecule has 7 heteroatoms. The maximum Gasteiger partial charge on any atom is 0.230 e. The standard InChI is InChI=1S/C10H17N3OS3/c1-6(10(2,3)4)11-7(14)5-16-9-13-12-8(15)17-9/h6H,5H2,1-4H3,(H,11,14)(H,12,15). The van der Waals surface area contributed by atoms with E-state index in [1.807, 2.05) is 6.92 Å². The van der Waals surface area contributed by atoms with Gasteiger partial charge in [-0.1, -0.05) is 43.9 Å². The Morgan fingerprint density at radius 2 is 2.29 bits per heavy atom. The minimum absolute atomic E-state index is 0.0264. The van der Waals surface area contributed by atoms with E-state index >= 15 is 0 Å². The van der Waals surface area contributed by atoms with Gasteiger partial charge in [0.05, 0.1) is 5.75 Å². The zero-order valence-corrected chi connectivity index (χ0v) is 12.8. The summed E-state index contributed by atoms with van der Waals surface area (Å²) in [6, 6.07) is 0.146. The van der Waals surface area contributed by atoms with Crippen LogP contribution in [0.1, 0.15) is 27.7 Å². The first-order valence-corrected chi connectivity index (χ1v) is 7.48. The quantitative estimate of drug-likeness (QED) is 0.661. The zero-order valence-electron chi connectivity index (χ0n) is 10.4. The van der Waals surface area contributed by atoms with Crippen LogP contribution >= 0.6 is 35.3 Å². The van der Waals surface area contributed by atoms with Crippen LogP contribution in [0.2, 0.25) is 0 Å². The normalized spacial score (nSPS) is 13.4. The Labute approximate surface area is 115 Å². The highest BCUT2D eigenvalue weighted by Crippen LogP contribution is 2.21. The molecule has 0 aliphatic carbocycles. The largest absolute Gasteiger partial charge is 0.352 e. The number of aromatic amines is 1. The maximum atomic E-state index is 11.7. The molecule has 0 aliphatic rings. The van der Waals surface area contributed by atoms with E-state index in [0.29, 0.717) is 9.71 Å². The Kier molecular flexibility index (Phi) is 5.15. The molecule has 1 atom stereocenters. The van der Waals surface area contributed by atoms with E-state index < -0.39 is 0 Å². The third kappa shape index (κ3) is 5.18. The molecule has 1 amide bonds. The van der Waals surface area contributed by atoms with Crippen molar-refractivity contribution in [3.05, 3.63) is 3.95 Å². The summed E-state index contributed by atoms with van der Waals surface area (Å²) in [5.74, 6) is 0.398. The summed E-state index contributed by atoms with van der Waals surface area (Å²) in [5.41, 5.74) is 0.0725. The molecule has 0 radical (unpaired) electrons. The van der Waals surface area contributed by atoms with Crippen LogP contribution in [-0.2, 0) is 4.79 Å². The Balaban J connectivity index is 2.38. The molecule has 1 aromatic heterocycles. The summed E-state index contributed by atoms with van der Waals surface area (Å²) < 4.78 is 1.43. The van der Waals surface area contributed by atoms with E-state index in [2.05, 4.69) is 36.3 Å². The zero-order chi connectivity index (χ0) is 13.1. The van der Waals surface area contributed by atoms with Gasteiger partial charge in [0.15, 0.2) is 8.29 Å². The van der Waals surface area contributed by atoms with E-state index in [4.69, 9.17) is 12.2 Å². The number of H-pyrrole nitrogens is 1. The lowest BCUT2D eigenvalue weighted by Gasteiger charge is -2.27. The lowest BCUT2D eigenvalue weighted by Crippen LogP contribution is -2.42. The smallest absolute Gasteiger partial charge is 0.230 e. The number of aromatic nitrogens is 2. The van der Waals surface area contributed by atoms with Crippen molar-refractivity contribution in [2.75, 3.05) is 5.75 Å². The van der Waals surface area contributed by atoms with Crippen molar-refractivity contribution in [2.24, 2.45) is 5.41 Å². The summed E-state index contributed by atoms with van der Waals surface area (Å²) >= 11 is 7.70. The summed E-state index contributed by atoms with van der Waals surface area (Å²) in [6.45, 7) is 8.32. The summed E-state index contributed by atoms with van der Waals surface area (Å²) in [5, 5.41) is 9.65. The number of hydrogen-bond acceptors (Lipinski definition) is 5. The van der Waals surface area contributed by atoms with Gasteiger partial charge in [0, 0.05) is 6.04 Å². The molecule has 0 spiro atoms. The number of nitrogens with one attached hydrogen (secondary N) is 2. The second-order valence-corrected chi connectivity index (χ2v) is 7.71. The van der Waals surface area contributed by atoms with E-state index in [1.165, 1.54) is 23.1 Å². The van der Waals surface area contributed by atoms with E-state index in [-0.39, 0.29) is 17.4 Å². The van der Waals surface area contributed by atoms with E-state index in [1.54, 1.807) is 0 Å². The van der Waals surface area contributed by atoms with Crippen LogP contribution in [-0.4, -0.2) is 27.9 Å². The highest BCUT2D eigenvalue weighted by molar-refractivity contribution is 8.01. The molecule has 0 saturated carbocycles. The second-order valence-electron chi connectivity index (χ2n) is 4.82. The molecule has 1 unspecified atom stereocenters. The van der Waals surface area contributed by atoms with Crippen LogP contribution in [0.3, 0.4) is 0 Å². The monoisotopic (exact) mass is 291 g/mol. The number of amides is 1. The fraction of sp³-hybridized carbons (Fsp3) is 0.700. The molecule has 0 fully saturated rings. The summed E-state index contributed by atoms with van der Waals surface area (Å²) in [7, 11) is 0. The van der Waals surface area contributed by atoms with Crippen LogP contribution < -0.4 is 5.32 Å². The molecular weight excluding hydrogens is 274 g/mol. The number of hydrogen-bond donors (Lipinski definition) is 2. The van der Waals surface area contributed by atoms with Gasteiger partial charge >= 0.3 is 0 Å². The van der Waals surface area contributed by atoms with Crippen molar-refractivity contribution < 1.29 is 4.79 Å². The molecule has 1 rings (SSSR count). The lowest BCUT2D eigenvalue weighted by molar-refractivity contribution is -0.119. The van der Waals surface area contributed by atoms with Crippen molar-refractivity contribution in [2.45, 2.75) is 38.1 Å². The molecule has 17 heavy (non-hydrogen) atoms. The third-order valence-corrected chi connectivity index (χ3v) is 4.65. The van der Waals surface area contributed by atoms with Crippen molar-refractivity contribution in [3.63, 3.8) is 0 Å². The van der Waals surface area contributed by atoms with Crippen LogP contribution in [0.4, 0.5) is 0 Å². The van der Waals surface area contributed by atoms with Gasteiger partial charge in [-0.15, -0.1) is 0 Å². The SMILES string of the molecule is CC(NC(=O)CSc1n[nH]c(=S)s1)C(C)(C)C. The van der Waals surface area contributed by atoms with Gasteiger partial charge in [-0.3, -0.25) is 9.89 Å². The summed E-state index contributed by atoms with van der Waals surface area (Å²) in [6.07, 6.45) is 0. The number of nitrogens with zero attached hydrogens (tertiary/aromatic N) is 1. The average Bonchev–Trinajstić information content (AvgIpc) is 2.60. The number of carbonyl (C=O) groups is 1. The molecular formula is C10H17N3OS3. The van der Waals surface area contributed by atoms with Gasteiger partial charge in [0.25, 0.3) is 0 Å². The van der Waals surface area contributed by atoms with Gasteiger partial charge in [-0.25, -0.2) is 0 Å². The highest BCUT2D eigenvalue weighted by atomic mass is 32.2. The molecule has 0 aliphatic heterocycles. The van der Waals surface area contributed by atoms with Gasteiger partial charge in [-0.05, 0) is 24.6 Å². The first-order valence-electron chi connectivity index (χ1n) is 5.26. The molecule has 0 bridgehead atoms. The average molecular weight is 291 g/mol. The highest BCUT2D eigenvalue weighted by Gasteiger charge is 2.21. The molecule has 96 valence electrons. The van der Waals surface area contributed by atoms with Crippen molar-refractivity contribution in [1.82, 2.24) is 15.5 Å². The number of thioether (sulfide) groups is 1. The predicted molar refractivity (Wildman–Crippen MR) is 75.1 cm³/mol. The third-order valence-electron chi connectivity index (χ3n) is 2.42. The van der Waals surface area contributed by atoms with Gasteiger partial charge < -0.3 is 5.32 Å². The van der Waals surface area contributed by atoms with Crippen molar-refractivity contribution in [1.29, 1.82) is 0 Å². The van der Waals surface area contributed by atoms with Crippen molar-refractivity contribution in [3.8, 4) is 0 Å². The fourth-order valence-electron chi connectivity index (χ4n) is 0.905. The lowest BCUT2D eigenvalue weighted by atomic mass is 9.88. The minimum Gasteiger partial charge on any atom is -0.352 e. The molecule has 0 saturated heterocycles. The predicted octanol–water partition coefficient (Wildman–Crippen LogP) is 2.84. The first-order chi connectivity index (χ1) is 7.79. The first kappa shape index (κ1) is 14.7. The van der Waals surface area contributed by atoms with Gasteiger partial charge in [0.1, 0.15) is 0 Å². The Bertz CT molecular complexity index is 432. The van der Waals surface area contributed by atoms with Crippen molar-refractivity contribution >= 4 is 41.2 Å². The topological polar surface area (TPSA) is 57.8 Å². The molecule has 1 heterocycles. The Hall–Kier alpha value is -0.400.